The smallest absolute Gasteiger partial charge is 0.276 e. The predicted octanol–water partition coefficient (Wildman–Crippen LogP) is 5.03. The van der Waals surface area contributed by atoms with Crippen LogP contribution in [0.25, 0.3) is 27.2 Å². The van der Waals surface area contributed by atoms with Gasteiger partial charge in [0.2, 0.25) is 0 Å². The van der Waals surface area contributed by atoms with Gasteiger partial charge in [-0.3, -0.25) is 9.89 Å². The monoisotopic (exact) mass is 443 g/mol. The number of aromatic nitrogens is 3. The number of aromatic amines is 1. The summed E-state index contributed by atoms with van der Waals surface area (Å²) in [5, 5.41) is 5.20. The summed E-state index contributed by atoms with van der Waals surface area (Å²) in [6, 6.07) is 18.0. The fourth-order valence-corrected chi connectivity index (χ4v) is 4.68. The summed E-state index contributed by atoms with van der Waals surface area (Å²) < 4.78 is 12.2. The lowest BCUT2D eigenvalue weighted by atomic mass is 10.1. The number of H-pyrrole nitrogens is 1. The van der Waals surface area contributed by atoms with Crippen molar-refractivity contribution in [1.29, 1.82) is 0 Å². The van der Waals surface area contributed by atoms with Gasteiger partial charge >= 0.3 is 0 Å². The third-order valence-corrected chi connectivity index (χ3v) is 6.35. The van der Waals surface area contributed by atoms with Gasteiger partial charge in [-0.2, -0.15) is 0 Å². The molecule has 32 heavy (non-hydrogen) atoms. The van der Waals surface area contributed by atoms with E-state index in [4.69, 9.17) is 9.47 Å². The third kappa shape index (κ3) is 3.67. The quantitative estimate of drug-likeness (QED) is 0.400. The average Bonchev–Trinajstić information content (AvgIpc) is 3.49. The number of nitrogens with zero attached hydrogens (tertiary/aromatic N) is 2. The van der Waals surface area contributed by atoms with Crippen molar-refractivity contribution in [3.8, 4) is 33.1 Å². The van der Waals surface area contributed by atoms with E-state index in [1.807, 2.05) is 36.5 Å². The Morgan fingerprint density at radius 2 is 1.75 bits per heavy atom. The van der Waals surface area contributed by atoms with Crippen LogP contribution in [-0.4, -0.2) is 28.8 Å². The highest BCUT2D eigenvalue weighted by Gasteiger charge is 2.15. The topological polar surface area (TPSA) is 68.6 Å². The first-order valence-electron chi connectivity index (χ1n) is 10.1. The Bertz CT molecular complexity index is 1430. The second-order valence-electron chi connectivity index (χ2n) is 7.40. The summed E-state index contributed by atoms with van der Waals surface area (Å²) in [6.45, 7) is 0. The van der Waals surface area contributed by atoms with E-state index in [2.05, 4.69) is 33.7 Å². The number of methoxy groups -OCH3 is 2. The fourth-order valence-electron chi connectivity index (χ4n) is 3.75. The van der Waals surface area contributed by atoms with Gasteiger partial charge in [-0.1, -0.05) is 30.3 Å². The maximum atomic E-state index is 13.1. The van der Waals surface area contributed by atoms with Crippen LogP contribution in [0.1, 0.15) is 11.1 Å². The first kappa shape index (κ1) is 20.1. The summed E-state index contributed by atoms with van der Waals surface area (Å²) >= 11 is 1.63. The highest BCUT2D eigenvalue weighted by atomic mass is 32.1. The largest absolute Gasteiger partial charge is 0.497 e. The van der Waals surface area contributed by atoms with E-state index in [1.54, 1.807) is 37.8 Å². The van der Waals surface area contributed by atoms with Crippen molar-refractivity contribution in [2.75, 3.05) is 14.2 Å². The Morgan fingerprint density at radius 3 is 2.47 bits per heavy atom. The lowest BCUT2D eigenvalue weighted by Gasteiger charge is -2.08. The van der Waals surface area contributed by atoms with Crippen LogP contribution in [0.5, 0.6) is 11.5 Å². The average molecular weight is 444 g/mol. The van der Waals surface area contributed by atoms with Gasteiger partial charge in [-0.25, -0.2) is 9.50 Å². The van der Waals surface area contributed by atoms with Gasteiger partial charge in [0.25, 0.3) is 5.56 Å². The second-order valence-corrected chi connectivity index (χ2v) is 8.31. The molecule has 3 heterocycles. The van der Waals surface area contributed by atoms with E-state index in [-0.39, 0.29) is 5.56 Å². The molecule has 0 bridgehead atoms. The minimum absolute atomic E-state index is 0.122. The number of rotatable bonds is 6. The summed E-state index contributed by atoms with van der Waals surface area (Å²) in [5.74, 6) is 1.37. The number of hydrogen-bond acceptors (Lipinski definition) is 5. The molecule has 7 heteroatoms. The van der Waals surface area contributed by atoms with Crippen LogP contribution in [0.15, 0.2) is 77.2 Å². The lowest BCUT2D eigenvalue weighted by Crippen LogP contribution is -2.19. The lowest BCUT2D eigenvalue weighted by molar-refractivity contribution is 0.393. The van der Waals surface area contributed by atoms with Crippen molar-refractivity contribution < 1.29 is 9.47 Å². The maximum absolute atomic E-state index is 13.1. The van der Waals surface area contributed by atoms with E-state index >= 15 is 0 Å². The molecule has 0 spiro atoms. The van der Waals surface area contributed by atoms with Crippen LogP contribution in [0.2, 0.25) is 0 Å². The molecule has 0 unspecified atom stereocenters. The SMILES string of the molecule is COc1cc(Cc2cnc3c(-c4cc(-c5ccccc5)cs4)c[nH]n3c2=O)cc(OC)c1. The Balaban J connectivity index is 1.50. The zero-order valence-corrected chi connectivity index (χ0v) is 18.5. The van der Waals surface area contributed by atoms with Crippen LogP contribution in [0.3, 0.4) is 0 Å². The number of hydrogen-bond donors (Lipinski definition) is 1. The van der Waals surface area contributed by atoms with Crippen molar-refractivity contribution in [2.24, 2.45) is 0 Å². The minimum atomic E-state index is -0.122. The van der Waals surface area contributed by atoms with E-state index in [0.717, 1.165) is 27.1 Å². The molecule has 0 saturated heterocycles. The van der Waals surface area contributed by atoms with Gasteiger partial charge in [-0.15, -0.1) is 11.3 Å². The fraction of sp³-hybridized carbons (Fsp3) is 0.120. The summed E-state index contributed by atoms with van der Waals surface area (Å²) in [6.07, 6.45) is 3.92. The normalized spacial score (nSPS) is 11.1. The van der Waals surface area contributed by atoms with Gasteiger partial charge in [0.15, 0.2) is 5.65 Å². The molecule has 5 rings (SSSR count). The van der Waals surface area contributed by atoms with E-state index in [1.165, 1.54) is 4.52 Å². The van der Waals surface area contributed by atoms with Crippen LogP contribution in [-0.2, 0) is 6.42 Å². The summed E-state index contributed by atoms with van der Waals surface area (Å²) in [7, 11) is 3.21. The number of thiophene rings is 1. The minimum Gasteiger partial charge on any atom is -0.497 e. The number of ether oxygens (including phenoxy) is 2. The molecule has 3 aromatic heterocycles. The van der Waals surface area contributed by atoms with Crippen molar-refractivity contribution in [3.63, 3.8) is 0 Å². The van der Waals surface area contributed by atoms with E-state index < -0.39 is 0 Å². The van der Waals surface area contributed by atoms with Crippen LogP contribution >= 0.6 is 11.3 Å². The molecule has 0 aliphatic heterocycles. The molecule has 0 aliphatic carbocycles. The Kier molecular flexibility index (Phi) is 5.25. The van der Waals surface area contributed by atoms with Gasteiger partial charge in [0.1, 0.15) is 11.5 Å². The van der Waals surface area contributed by atoms with Gasteiger partial charge < -0.3 is 9.47 Å². The molecule has 160 valence electrons. The first-order valence-corrected chi connectivity index (χ1v) is 11.0. The zero-order chi connectivity index (χ0) is 22.1. The molecule has 0 radical (unpaired) electrons. The Labute approximate surface area is 188 Å². The van der Waals surface area contributed by atoms with Crippen molar-refractivity contribution >= 4 is 17.0 Å². The van der Waals surface area contributed by atoms with Gasteiger partial charge in [-0.05, 0) is 40.3 Å². The molecule has 0 fully saturated rings. The van der Waals surface area contributed by atoms with Crippen molar-refractivity contribution in [3.05, 3.63) is 93.9 Å². The van der Waals surface area contributed by atoms with Crippen LogP contribution < -0.4 is 15.0 Å². The molecular formula is C25H21N3O3S. The van der Waals surface area contributed by atoms with Crippen LogP contribution in [0.4, 0.5) is 0 Å². The molecule has 0 aliphatic rings. The van der Waals surface area contributed by atoms with E-state index in [9.17, 15) is 4.79 Å². The number of nitrogens with one attached hydrogen (secondary N) is 1. The van der Waals surface area contributed by atoms with Crippen molar-refractivity contribution in [2.45, 2.75) is 6.42 Å². The Morgan fingerprint density at radius 1 is 1.00 bits per heavy atom. The highest BCUT2D eigenvalue weighted by molar-refractivity contribution is 7.14. The van der Waals surface area contributed by atoms with Crippen LogP contribution in [0, 0.1) is 0 Å². The molecule has 2 aromatic carbocycles. The Hall–Kier alpha value is -3.84. The molecule has 5 aromatic rings. The molecule has 6 nitrogen and oxygen atoms in total. The second kappa shape index (κ2) is 8.36. The maximum Gasteiger partial charge on any atom is 0.276 e. The predicted molar refractivity (Wildman–Crippen MR) is 127 cm³/mol. The van der Waals surface area contributed by atoms with Gasteiger partial charge in [0, 0.05) is 35.3 Å². The first-order chi connectivity index (χ1) is 15.7. The van der Waals surface area contributed by atoms with Gasteiger partial charge in [0.05, 0.1) is 19.8 Å². The number of fused-ring (bicyclic) bond motifs is 1. The van der Waals surface area contributed by atoms with Crippen molar-refractivity contribution in [1.82, 2.24) is 14.6 Å². The third-order valence-electron chi connectivity index (χ3n) is 5.39. The standard InChI is InChI=1S/C25H21N3O3S/c1-30-20-9-16(10-21(12-20)31-2)8-18-13-26-24-22(14-27-28(24)25(18)29)23-11-19(15-32-23)17-6-4-3-5-7-17/h3-7,9-15,27H,8H2,1-2H3. The molecule has 1 N–H and O–H groups in total. The molecule has 0 saturated carbocycles. The van der Waals surface area contributed by atoms with E-state index in [0.29, 0.717) is 29.1 Å². The zero-order valence-electron chi connectivity index (χ0n) is 17.7. The molecular weight excluding hydrogens is 422 g/mol. The highest BCUT2D eigenvalue weighted by Crippen LogP contribution is 2.34. The summed E-state index contributed by atoms with van der Waals surface area (Å²) in [4.78, 5) is 18.8. The number of benzene rings is 2. The summed E-state index contributed by atoms with van der Waals surface area (Å²) in [5.41, 5.74) is 5.21. The molecule has 0 amide bonds. The molecule has 0 atom stereocenters.